The minimum atomic E-state index is -3.78. The lowest BCUT2D eigenvalue weighted by Crippen LogP contribution is -2.18. The summed E-state index contributed by atoms with van der Waals surface area (Å²) in [5.74, 6) is 0. The largest absolute Gasteiger partial charge is 0.390 e. The summed E-state index contributed by atoms with van der Waals surface area (Å²) in [6, 6.07) is 6.34. The molecule has 1 N–H and O–H groups in total. The van der Waals surface area contributed by atoms with Gasteiger partial charge in [-0.25, -0.2) is 0 Å². The molecule has 17 heavy (non-hydrogen) atoms. The van der Waals surface area contributed by atoms with Crippen LogP contribution >= 0.6 is 0 Å². The molecule has 0 amide bonds. The van der Waals surface area contributed by atoms with Crippen LogP contribution in [0.25, 0.3) is 0 Å². The minimum absolute atomic E-state index is 0.0916. The van der Waals surface area contributed by atoms with E-state index in [-0.39, 0.29) is 11.5 Å². The van der Waals surface area contributed by atoms with Gasteiger partial charge in [0.05, 0.1) is 17.6 Å². The molecule has 0 aliphatic carbocycles. The smallest absolute Gasteiger partial charge is 0.297 e. The zero-order chi connectivity index (χ0) is 12.9. The van der Waals surface area contributed by atoms with E-state index in [1.807, 2.05) is 6.92 Å². The van der Waals surface area contributed by atoms with Gasteiger partial charge in [-0.3, -0.25) is 4.18 Å². The third kappa shape index (κ3) is 4.30. The Bertz CT molecular complexity index is 462. The quantitative estimate of drug-likeness (QED) is 0.620. The highest BCUT2D eigenvalue weighted by Gasteiger charge is 2.16. The molecule has 1 atom stereocenters. The molecule has 0 spiro atoms. The molecular weight excluding hydrogens is 240 g/mol. The second-order valence-electron chi connectivity index (χ2n) is 3.73. The van der Waals surface area contributed by atoms with Crippen LogP contribution in [0.1, 0.15) is 12.0 Å². The highest BCUT2D eigenvalue weighted by molar-refractivity contribution is 7.86. The SMILES string of the molecule is C=CC[C@@H](O)COS(=O)(=O)c1ccc(C)cc1. The maximum atomic E-state index is 11.7. The summed E-state index contributed by atoms with van der Waals surface area (Å²) in [6.07, 6.45) is 0.948. The van der Waals surface area contributed by atoms with E-state index in [4.69, 9.17) is 4.18 Å². The van der Waals surface area contributed by atoms with Crippen molar-refractivity contribution in [1.82, 2.24) is 0 Å². The molecule has 94 valence electrons. The van der Waals surface area contributed by atoms with E-state index in [0.717, 1.165) is 5.56 Å². The van der Waals surface area contributed by atoms with E-state index >= 15 is 0 Å². The normalized spacial score (nSPS) is 13.3. The van der Waals surface area contributed by atoms with Crippen molar-refractivity contribution in [3.63, 3.8) is 0 Å². The zero-order valence-electron chi connectivity index (χ0n) is 9.67. The van der Waals surface area contributed by atoms with Crippen LogP contribution < -0.4 is 0 Å². The molecule has 0 fully saturated rings. The first-order valence-corrected chi connectivity index (χ1v) is 6.61. The average Bonchev–Trinajstić information content (AvgIpc) is 2.28. The molecule has 4 nitrogen and oxygen atoms in total. The van der Waals surface area contributed by atoms with Crippen LogP contribution in [0.5, 0.6) is 0 Å². The van der Waals surface area contributed by atoms with Crippen LogP contribution in [0.2, 0.25) is 0 Å². The molecule has 0 heterocycles. The van der Waals surface area contributed by atoms with Gasteiger partial charge in [-0.15, -0.1) is 6.58 Å². The predicted octanol–water partition coefficient (Wildman–Crippen LogP) is 1.64. The summed E-state index contributed by atoms with van der Waals surface area (Å²) in [5, 5.41) is 9.34. The summed E-state index contributed by atoms with van der Waals surface area (Å²) in [4.78, 5) is 0.0916. The number of benzene rings is 1. The van der Waals surface area contributed by atoms with E-state index in [2.05, 4.69) is 6.58 Å². The van der Waals surface area contributed by atoms with Gasteiger partial charge in [0.1, 0.15) is 0 Å². The monoisotopic (exact) mass is 256 g/mol. The Morgan fingerprint density at radius 1 is 1.41 bits per heavy atom. The number of aliphatic hydroxyl groups excluding tert-OH is 1. The molecule has 0 aromatic heterocycles. The lowest BCUT2D eigenvalue weighted by atomic mass is 10.2. The molecule has 0 saturated heterocycles. The van der Waals surface area contributed by atoms with Crippen molar-refractivity contribution in [2.24, 2.45) is 0 Å². The third-order valence-electron chi connectivity index (χ3n) is 2.16. The van der Waals surface area contributed by atoms with Crippen molar-refractivity contribution in [3.8, 4) is 0 Å². The summed E-state index contributed by atoms with van der Waals surface area (Å²) in [5.41, 5.74) is 0.968. The number of hydrogen-bond donors (Lipinski definition) is 1. The highest BCUT2D eigenvalue weighted by Crippen LogP contribution is 2.13. The molecule has 1 rings (SSSR count). The Morgan fingerprint density at radius 3 is 2.53 bits per heavy atom. The molecule has 1 aromatic rings. The van der Waals surface area contributed by atoms with Gasteiger partial charge in [-0.05, 0) is 25.5 Å². The maximum Gasteiger partial charge on any atom is 0.297 e. The van der Waals surface area contributed by atoms with Gasteiger partial charge in [0.2, 0.25) is 0 Å². The van der Waals surface area contributed by atoms with Gasteiger partial charge in [-0.2, -0.15) is 8.42 Å². The summed E-state index contributed by atoms with van der Waals surface area (Å²) < 4.78 is 28.1. The fraction of sp³-hybridized carbons (Fsp3) is 0.333. The second-order valence-corrected chi connectivity index (χ2v) is 5.35. The molecule has 0 radical (unpaired) electrons. The van der Waals surface area contributed by atoms with E-state index < -0.39 is 16.2 Å². The zero-order valence-corrected chi connectivity index (χ0v) is 10.5. The van der Waals surface area contributed by atoms with Crippen LogP contribution in [0.3, 0.4) is 0 Å². The fourth-order valence-corrected chi connectivity index (χ4v) is 2.14. The Balaban J connectivity index is 2.69. The lowest BCUT2D eigenvalue weighted by Gasteiger charge is -2.09. The first kappa shape index (κ1) is 13.9. The van der Waals surface area contributed by atoms with E-state index in [1.54, 1.807) is 12.1 Å². The summed E-state index contributed by atoms with van der Waals surface area (Å²) >= 11 is 0. The number of aliphatic hydroxyl groups is 1. The number of aryl methyl sites for hydroxylation is 1. The molecule has 1 aromatic carbocycles. The number of hydrogen-bond acceptors (Lipinski definition) is 4. The van der Waals surface area contributed by atoms with Crippen molar-refractivity contribution in [2.45, 2.75) is 24.3 Å². The molecule has 0 unspecified atom stereocenters. The molecule has 0 aliphatic rings. The van der Waals surface area contributed by atoms with Gasteiger partial charge < -0.3 is 5.11 Å². The van der Waals surface area contributed by atoms with Crippen LogP contribution in [0.4, 0.5) is 0 Å². The van der Waals surface area contributed by atoms with Crippen LogP contribution in [-0.2, 0) is 14.3 Å². The van der Waals surface area contributed by atoms with Gasteiger partial charge >= 0.3 is 0 Å². The predicted molar refractivity (Wildman–Crippen MR) is 65.1 cm³/mol. The Morgan fingerprint density at radius 2 is 2.00 bits per heavy atom. The van der Waals surface area contributed by atoms with Crippen molar-refractivity contribution >= 4 is 10.1 Å². The van der Waals surface area contributed by atoms with Gasteiger partial charge in [-0.1, -0.05) is 23.8 Å². The Hall–Kier alpha value is -1.17. The summed E-state index contributed by atoms with van der Waals surface area (Å²) in [7, 11) is -3.78. The lowest BCUT2D eigenvalue weighted by molar-refractivity contribution is 0.113. The Labute approximate surface area is 102 Å². The molecule has 0 saturated carbocycles. The van der Waals surface area contributed by atoms with Crippen molar-refractivity contribution in [2.75, 3.05) is 6.61 Å². The highest BCUT2D eigenvalue weighted by atomic mass is 32.2. The number of rotatable bonds is 6. The van der Waals surface area contributed by atoms with Gasteiger partial charge in [0.15, 0.2) is 0 Å². The van der Waals surface area contributed by atoms with E-state index in [1.165, 1.54) is 18.2 Å². The first-order chi connectivity index (χ1) is 7.95. The minimum Gasteiger partial charge on any atom is -0.390 e. The second kappa shape index (κ2) is 5.95. The molecule has 5 heteroatoms. The van der Waals surface area contributed by atoms with Gasteiger partial charge in [0.25, 0.3) is 10.1 Å². The van der Waals surface area contributed by atoms with Crippen molar-refractivity contribution in [1.29, 1.82) is 0 Å². The van der Waals surface area contributed by atoms with Crippen LogP contribution in [-0.4, -0.2) is 26.2 Å². The molecular formula is C12H16O4S. The van der Waals surface area contributed by atoms with E-state index in [0.29, 0.717) is 6.42 Å². The fourth-order valence-electron chi connectivity index (χ4n) is 1.20. The van der Waals surface area contributed by atoms with Gasteiger partial charge in [0, 0.05) is 0 Å². The van der Waals surface area contributed by atoms with Crippen molar-refractivity contribution < 1.29 is 17.7 Å². The maximum absolute atomic E-state index is 11.7. The summed E-state index contributed by atoms with van der Waals surface area (Å²) in [6.45, 7) is 5.05. The first-order valence-electron chi connectivity index (χ1n) is 5.21. The third-order valence-corrected chi connectivity index (χ3v) is 3.46. The Kier molecular flexibility index (Phi) is 4.86. The average molecular weight is 256 g/mol. The van der Waals surface area contributed by atoms with Crippen LogP contribution in [0.15, 0.2) is 41.8 Å². The van der Waals surface area contributed by atoms with Crippen molar-refractivity contribution in [3.05, 3.63) is 42.5 Å². The topological polar surface area (TPSA) is 63.6 Å². The van der Waals surface area contributed by atoms with Crippen LogP contribution in [0, 0.1) is 6.92 Å². The van der Waals surface area contributed by atoms with E-state index in [9.17, 15) is 13.5 Å². The standard InChI is InChI=1S/C12H16O4S/c1-3-4-11(13)9-16-17(14,15)12-7-5-10(2)6-8-12/h3,5-8,11,13H,1,4,9H2,2H3/t11-/m1/s1. The molecule has 0 bridgehead atoms. The molecule has 0 aliphatic heterocycles.